The zero-order valence-corrected chi connectivity index (χ0v) is 11.8. The molecule has 0 aliphatic carbocycles. The number of carboxylic acids is 1. The summed E-state index contributed by atoms with van der Waals surface area (Å²) < 4.78 is 2.57. The molecule has 0 saturated carbocycles. The SMILES string of the molecule is O=C(O)c1nn(-c2cc(I)ccn2)c2ccccc12. The van der Waals surface area contributed by atoms with Gasteiger partial charge in [0, 0.05) is 15.2 Å². The highest BCUT2D eigenvalue weighted by molar-refractivity contribution is 14.1. The fraction of sp³-hybridized carbons (Fsp3) is 0. The second-order valence-corrected chi connectivity index (χ2v) is 5.16. The van der Waals surface area contributed by atoms with Crippen LogP contribution in [0.25, 0.3) is 16.7 Å². The molecule has 0 unspecified atom stereocenters. The van der Waals surface area contributed by atoms with E-state index < -0.39 is 5.97 Å². The number of aromatic nitrogens is 3. The van der Waals surface area contributed by atoms with Crippen molar-refractivity contribution < 1.29 is 9.90 Å². The maximum Gasteiger partial charge on any atom is 0.357 e. The van der Waals surface area contributed by atoms with E-state index in [9.17, 15) is 9.90 Å². The van der Waals surface area contributed by atoms with Crippen LogP contribution in [0, 0.1) is 3.57 Å². The van der Waals surface area contributed by atoms with Gasteiger partial charge < -0.3 is 5.11 Å². The summed E-state index contributed by atoms with van der Waals surface area (Å²) in [7, 11) is 0. The lowest BCUT2D eigenvalue weighted by Gasteiger charge is -2.02. The highest BCUT2D eigenvalue weighted by Gasteiger charge is 2.17. The van der Waals surface area contributed by atoms with Crippen LogP contribution in [-0.4, -0.2) is 25.8 Å². The van der Waals surface area contributed by atoms with Crippen molar-refractivity contribution in [2.24, 2.45) is 0 Å². The zero-order valence-electron chi connectivity index (χ0n) is 9.62. The van der Waals surface area contributed by atoms with Gasteiger partial charge in [-0.05, 0) is 40.8 Å². The number of aromatic carboxylic acids is 1. The third-order valence-corrected chi connectivity index (χ3v) is 3.39. The Hall–Kier alpha value is -1.96. The predicted octanol–water partition coefficient (Wildman–Crippen LogP) is 2.72. The maximum absolute atomic E-state index is 11.2. The van der Waals surface area contributed by atoms with Crippen LogP contribution >= 0.6 is 22.6 Å². The number of hydrogen-bond acceptors (Lipinski definition) is 3. The van der Waals surface area contributed by atoms with Crippen LogP contribution in [0.1, 0.15) is 10.5 Å². The number of rotatable bonds is 2. The smallest absolute Gasteiger partial charge is 0.357 e. The Kier molecular flexibility index (Phi) is 2.94. The number of nitrogens with zero attached hydrogens (tertiary/aromatic N) is 3. The molecule has 19 heavy (non-hydrogen) atoms. The van der Waals surface area contributed by atoms with E-state index in [0.29, 0.717) is 11.2 Å². The molecule has 0 amide bonds. The molecule has 3 aromatic rings. The lowest BCUT2D eigenvalue weighted by atomic mass is 10.2. The Bertz CT molecular complexity index is 782. The summed E-state index contributed by atoms with van der Waals surface area (Å²) >= 11 is 2.18. The Morgan fingerprint density at radius 1 is 1.26 bits per heavy atom. The average Bonchev–Trinajstić information content (AvgIpc) is 2.78. The minimum atomic E-state index is -1.04. The van der Waals surface area contributed by atoms with Crippen LogP contribution in [0.3, 0.4) is 0 Å². The predicted molar refractivity (Wildman–Crippen MR) is 78.5 cm³/mol. The highest BCUT2D eigenvalue weighted by Crippen LogP contribution is 2.21. The number of pyridine rings is 1. The number of benzene rings is 1. The Morgan fingerprint density at radius 2 is 2.05 bits per heavy atom. The van der Waals surface area contributed by atoms with Gasteiger partial charge in [0.2, 0.25) is 0 Å². The first-order valence-electron chi connectivity index (χ1n) is 5.50. The normalized spacial score (nSPS) is 10.8. The first-order chi connectivity index (χ1) is 9.16. The van der Waals surface area contributed by atoms with Gasteiger partial charge in [0.05, 0.1) is 5.52 Å². The summed E-state index contributed by atoms with van der Waals surface area (Å²) in [5, 5.41) is 14.0. The monoisotopic (exact) mass is 365 g/mol. The lowest BCUT2D eigenvalue weighted by molar-refractivity contribution is 0.0692. The largest absolute Gasteiger partial charge is 0.476 e. The first kappa shape index (κ1) is 12.1. The molecule has 0 saturated heterocycles. The standard InChI is InChI=1S/C13H8IN3O2/c14-8-5-6-15-11(7-8)17-10-4-2-1-3-9(10)12(16-17)13(18)19/h1-7H,(H,18,19). The van der Waals surface area contributed by atoms with E-state index in [4.69, 9.17) is 0 Å². The molecule has 0 radical (unpaired) electrons. The molecule has 0 fully saturated rings. The molecule has 5 nitrogen and oxygen atoms in total. The molecule has 94 valence electrons. The molecule has 0 spiro atoms. The molecule has 0 bridgehead atoms. The van der Waals surface area contributed by atoms with Crippen LogP contribution in [0.4, 0.5) is 0 Å². The van der Waals surface area contributed by atoms with Gasteiger partial charge in [-0.1, -0.05) is 18.2 Å². The molecule has 0 atom stereocenters. The van der Waals surface area contributed by atoms with E-state index in [1.54, 1.807) is 23.0 Å². The van der Waals surface area contributed by atoms with Gasteiger partial charge in [-0.15, -0.1) is 0 Å². The summed E-state index contributed by atoms with van der Waals surface area (Å²) in [6.07, 6.45) is 1.67. The Balaban J connectivity index is 2.33. The second-order valence-electron chi connectivity index (χ2n) is 3.91. The van der Waals surface area contributed by atoms with Crippen molar-refractivity contribution in [1.29, 1.82) is 0 Å². The van der Waals surface area contributed by atoms with E-state index in [-0.39, 0.29) is 5.69 Å². The van der Waals surface area contributed by atoms with Gasteiger partial charge in [-0.2, -0.15) is 5.10 Å². The number of carbonyl (C=O) groups is 1. The number of hydrogen-bond donors (Lipinski definition) is 1. The van der Waals surface area contributed by atoms with Crippen LogP contribution in [-0.2, 0) is 0 Å². The molecule has 2 heterocycles. The van der Waals surface area contributed by atoms with Gasteiger partial charge in [0.15, 0.2) is 11.5 Å². The molecule has 1 aromatic carbocycles. The molecule has 0 aliphatic rings. The summed E-state index contributed by atoms with van der Waals surface area (Å²) in [6.45, 7) is 0. The van der Waals surface area contributed by atoms with Crippen molar-refractivity contribution in [1.82, 2.24) is 14.8 Å². The molecule has 1 N–H and O–H groups in total. The Morgan fingerprint density at radius 3 is 2.79 bits per heavy atom. The molecule has 6 heteroatoms. The minimum absolute atomic E-state index is 0.0382. The highest BCUT2D eigenvalue weighted by atomic mass is 127. The third-order valence-electron chi connectivity index (χ3n) is 2.71. The number of para-hydroxylation sites is 1. The van der Waals surface area contributed by atoms with Crippen molar-refractivity contribution in [3.8, 4) is 5.82 Å². The average molecular weight is 365 g/mol. The second kappa shape index (κ2) is 4.61. The van der Waals surface area contributed by atoms with Gasteiger partial charge in [0.25, 0.3) is 0 Å². The first-order valence-corrected chi connectivity index (χ1v) is 6.57. The lowest BCUT2D eigenvalue weighted by Crippen LogP contribution is -2.03. The molecule has 0 aliphatic heterocycles. The van der Waals surface area contributed by atoms with E-state index in [2.05, 4.69) is 32.7 Å². The van der Waals surface area contributed by atoms with Gasteiger partial charge in [0.1, 0.15) is 0 Å². The fourth-order valence-electron chi connectivity index (χ4n) is 1.91. The third kappa shape index (κ3) is 2.07. The summed E-state index contributed by atoms with van der Waals surface area (Å²) in [6, 6.07) is 10.9. The minimum Gasteiger partial charge on any atom is -0.476 e. The van der Waals surface area contributed by atoms with E-state index in [1.165, 1.54) is 0 Å². The van der Waals surface area contributed by atoms with E-state index in [1.807, 2.05) is 24.3 Å². The van der Waals surface area contributed by atoms with Gasteiger partial charge >= 0.3 is 5.97 Å². The van der Waals surface area contributed by atoms with Crippen molar-refractivity contribution in [2.45, 2.75) is 0 Å². The summed E-state index contributed by atoms with van der Waals surface area (Å²) in [4.78, 5) is 15.5. The van der Waals surface area contributed by atoms with Crippen molar-refractivity contribution in [3.63, 3.8) is 0 Å². The summed E-state index contributed by atoms with van der Waals surface area (Å²) in [5.41, 5.74) is 0.769. The van der Waals surface area contributed by atoms with Crippen molar-refractivity contribution >= 4 is 39.5 Å². The fourth-order valence-corrected chi connectivity index (χ4v) is 2.35. The molecular weight excluding hydrogens is 357 g/mol. The topological polar surface area (TPSA) is 68.0 Å². The maximum atomic E-state index is 11.2. The van der Waals surface area contributed by atoms with Crippen LogP contribution in [0.15, 0.2) is 42.6 Å². The van der Waals surface area contributed by atoms with Crippen LogP contribution in [0.5, 0.6) is 0 Å². The number of halogens is 1. The quantitative estimate of drug-likeness (QED) is 0.710. The van der Waals surface area contributed by atoms with E-state index in [0.717, 1.165) is 9.09 Å². The van der Waals surface area contributed by atoms with Crippen molar-refractivity contribution in [3.05, 3.63) is 51.9 Å². The van der Waals surface area contributed by atoms with Gasteiger partial charge in [-0.25, -0.2) is 14.5 Å². The molecule has 2 aromatic heterocycles. The summed E-state index contributed by atoms with van der Waals surface area (Å²) in [5.74, 6) is -0.434. The van der Waals surface area contributed by atoms with Gasteiger partial charge in [-0.3, -0.25) is 0 Å². The molecule has 3 rings (SSSR count). The van der Waals surface area contributed by atoms with E-state index >= 15 is 0 Å². The number of fused-ring (bicyclic) bond motifs is 1. The van der Waals surface area contributed by atoms with Crippen molar-refractivity contribution in [2.75, 3.05) is 0 Å². The molecular formula is C13H8IN3O2. The zero-order chi connectivity index (χ0) is 13.4. The van der Waals surface area contributed by atoms with Crippen LogP contribution in [0.2, 0.25) is 0 Å². The number of carboxylic acid groups (broad SMARTS) is 1. The Labute approximate surface area is 122 Å². The van der Waals surface area contributed by atoms with Crippen LogP contribution < -0.4 is 0 Å².